The number of halogens is 1. The van der Waals surface area contributed by atoms with Gasteiger partial charge in [0.1, 0.15) is 11.3 Å². The molecule has 128 valence electrons. The summed E-state index contributed by atoms with van der Waals surface area (Å²) in [4.78, 5) is 24.6. The number of anilines is 2. The van der Waals surface area contributed by atoms with E-state index in [1.165, 1.54) is 24.5 Å². The second-order valence-corrected chi connectivity index (χ2v) is 6.62. The van der Waals surface area contributed by atoms with Gasteiger partial charge in [0.25, 0.3) is 0 Å². The van der Waals surface area contributed by atoms with Crippen LogP contribution < -0.4 is 14.5 Å². The molecule has 0 unspecified atom stereocenters. The van der Waals surface area contributed by atoms with Gasteiger partial charge in [0.2, 0.25) is 11.8 Å². The van der Waals surface area contributed by atoms with E-state index >= 15 is 0 Å². The second kappa shape index (κ2) is 6.29. The molecule has 4 rings (SSSR count). The summed E-state index contributed by atoms with van der Waals surface area (Å²) in [6.07, 6.45) is 1.62. The van der Waals surface area contributed by atoms with E-state index in [1.54, 1.807) is 29.3 Å². The van der Waals surface area contributed by atoms with Crippen molar-refractivity contribution in [1.29, 1.82) is 0 Å². The molecular formula is C17H15FN4O2S. The Bertz CT molecular complexity index is 945. The standard InChI is InChI=1S/C17H15FN4O2S/c1-24-14-9-11(5-6-19-14)22-8-7-21(10-15(22)23)17-20-16-12(18)3-2-4-13(16)25-17/h2-6,9H,7-8,10H2,1H3. The zero-order valence-electron chi connectivity index (χ0n) is 13.5. The third-order valence-corrected chi connectivity index (χ3v) is 5.17. The smallest absolute Gasteiger partial charge is 0.246 e. The lowest BCUT2D eigenvalue weighted by atomic mass is 10.2. The van der Waals surface area contributed by atoms with E-state index in [0.717, 1.165) is 10.4 Å². The average Bonchev–Trinajstić information content (AvgIpc) is 3.07. The summed E-state index contributed by atoms with van der Waals surface area (Å²) in [5.74, 6) is 0.0856. The number of amides is 1. The summed E-state index contributed by atoms with van der Waals surface area (Å²) >= 11 is 1.40. The molecule has 0 bridgehead atoms. The molecule has 0 radical (unpaired) electrons. The number of methoxy groups -OCH3 is 1. The van der Waals surface area contributed by atoms with E-state index in [0.29, 0.717) is 29.6 Å². The topological polar surface area (TPSA) is 58.6 Å². The number of pyridine rings is 1. The molecule has 25 heavy (non-hydrogen) atoms. The van der Waals surface area contributed by atoms with Crippen LogP contribution >= 0.6 is 11.3 Å². The van der Waals surface area contributed by atoms with Gasteiger partial charge < -0.3 is 14.5 Å². The average molecular weight is 358 g/mol. The van der Waals surface area contributed by atoms with Crippen molar-refractivity contribution >= 4 is 38.3 Å². The molecule has 3 heterocycles. The lowest BCUT2D eigenvalue weighted by Gasteiger charge is -2.34. The molecule has 1 aliphatic rings. The van der Waals surface area contributed by atoms with Crippen molar-refractivity contribution in [3.63, 3.8) is 0 Å². The Morgan fingerprint density at radius 3 is 2.92 bits per heavy atom. The van der Waals surface area contributed by atoms with Crippen LogP contribution in [0.3, 0.4) is 0 Å². The van der Waals surface area contributed by atoms with Crippen LogP contribution in [0.2, 0.25) is 0 Å². The molecule has 1 fully saturated rings. The molecule has 1 aliphatic heterocycles. The minimum atomic E-state index is -0.339. The first-order valence-electron chi connectivity index (χ1n) is 7.76. The van der Waals surface area contributed by atoms with Crippen molar-refractivity contribution in [2.75, 3.05) is 36.5 Å². The first-order valence-corrected chi connectivity index (χ1v) is 8.58. The van der Waals surface area contributed by atoms with Crippen molar-refractivity contribution in [2.24, 2.45) is 0 Å². The summed E-state index contributed by atoms with van der Waals surface area (Å²) in [5.41, 5.74) is 1.11. The van der Waals surface area contributed by atoms with Crippen molar-refractivity contribution in [3.8, 4) is 5.88 Å². The minimum absolute atomic E-state index is 0.0424. The molecule has 0 atom stereocenters. The van der Waals surface area contributed by atoms with Gasteiger partial charge in [-0.1, -0.05) is 17.4 Å². The zero-order chi connectivity index (χ0) is 17.4. The summed E-state index contributed by atoms with van der Waals surface area (Å²) in [7, 11) is 1.54. The lowest BCUT2D eigenvalue weighted by Crippen LogP contribution is -2.50. The van der Waals surface area contributed by atoms with Crippen LogP contribution in [0.25, 0.3) is 10.2 Å². The van der Waals surface area contributed by atoms with Gasteiger partial charge in [-0.15, -0.1) is 0 Å². The Balaban J connectivity index is 1.56. The highest BCUT2D eigenvalue weighted by Crippen LogP contribution is 2.31. The monoisotopic (exact) mass is 358 g/mol. The number of hydrogen-bond donors (Lipinski definition) is 0. The fourth-order valence-electron chi connectivity index (χ4n) is 2.83. The number of nitrogens with zero attached hydrogens (tertiary/aromatic N) is 4. The van der Waals surface area contributed by atoms with Crippen molar-refractivity contribution in [1.82, 2.24) is 9.97 Å². The minimum Gasteiger partial charge on any atom is -0.481 e. The highest BCUT2D eigenvalue weighted by Gasteiger charge is 2.27. The summed E-state index contributed by atoms with van der Waals surface area (Å²) in [6, 6.07) is 8.41. The van der Waals surface area contributed by atoms with Crippen LogP contribution in [0.15, 0.2) is 36.5 Å². The molecule has 0 N–H and O–H groups in total. The predicted molar refractivity (Wildman–Crippen MR) is 94.9 cm³/mol. The van der Waals surface area contributed by atoms with Crippen LogP contribution in [0.1, 0.15) is 0 Å². The first-order chi connectivity index (χ1) is 12.2. The lowest BCUT2D eigenvalue weighted by molar-refractivity contribution is -0.117. The number of thiazole rings is 1. The number of fused-ring (bicyclic) bond motifs is 1. The van der Waals surface area contributed by atoms with E-state index in [2.05, 4.69) is 9.97 Å². The SMILES string of the molecule is COc1cc(N2CCN(c3nc4c(F)cccc4s3)CC2=O)ccn1. The number of para-hydroxylation sites is 1. The molecule has 0 saturated carbocycles. The Morgan fingerprint density at radius 2 is 2.16 bits per heavy atom. The number of aromatic nitrogens is 2. The van der Waals surface area contributed by atoms with Crippen molar-refractivity contribution in [3.05, 3.63) is 42.3 Å². The van der Waals surface area contributed by atoms with Gasteiger partial charge in [0, 0.05) is 25.4 Å². The quantitative estimate of drug-likeness (QED) is 0.720. The van der Waals surface area contributed by atoms with E-state index < -0.39 is 0 Å². The Kier molecular flexibility index (Phi) is 3.96. The van der Waals surface area contributed by atoms with Crippen molar-refractivity contribution in [2.45, 2.75) is 0 Å². The Labute approximate surface area is 147 Å². The summed E-state index contributed by atoms with van der Waals surface area (Å²) in [5, 5.41) is 0.667. The number of carbonyl (C=O) groups excluding carboxylic acids is 1. The molecule has 0 spiro atoms. The molecule has 1 aromatic carbocycles. The van der Waals surface area contributed by atoms with E-state index in [4.69, 9.17) is 4.74 Å². The first kappa shape index (κ1) is 15.8. The van der Waals surface area contributed by atoms with Gasteiger partial charge in [-0.2, -0.15) is 0 Å². The molecule has 0 aliphatic carbocycles. The van der Waals surface area contributed by atoms with Crippen LogP contribution in [0.5, 0.6) is 5.88 Å². The molecule has 2 aromatic heterocycles. The highest BCUT2D eigenvalue weighted by atomic mass is 32.1. The maximum atomic E-state index is 13.8. The second-order valence-electron chi connectivity index (χ2n) is 5.61. The number of rotatable bonds is 3. The molecule has 1 amide bonds. The van der Waals surface area contributed by atoms with Crippen LogP contribution in [0, 0.1) is 5.82 Å². The third-order valence-electron chi connectivity index (χ3n) is 4.09. The van der Waals surface area contributed by atoms with E-state index in [-0.39, 0.29) is 18.3 Å². The number of piperazine rings is 1. The summed E-state index contributed by atoms with van der Waals surface area (Å²) in [6.45, 7) is 1.34. The molecular weight excluding hydrogens is 343 g/mol. The third kappa shape index (κ3) is 2.89. The largest absolute Gasteiger partial charge is 0.481 e. The van der Waals surface area contributed by atoms with Gasteiger partial charge in [0.05, 0.1) is 24.0 Å². The number of ether oxygens (including phenoxy) is 1. The van der Waals surface area contributed by atoms with Crippen molar-refractivity contribution < 1.29 is 13.9 Å². The van der Waals surface area contributed by atoms with E-state index in [9.17, 15) is 9.18 Å². The van der Waals surface area contributed by atoms with E-state index in [1.807, 2.05) is 11.0 Å². The number of benzene rings is 1. The maximum absolute atomic E-state index is 13.8. The fraction of sp³-hybridized carbons (Fsp3) is 0.235. The highest BCUT2D eigenvalue weighted by molar-refractivity contribution is 7.22. The van der Waals surface area contributed by atoms with Gasteiger partial charge in [0.15, 0.2) is 5.13 Å². The fourth-order valence-corrected chi connectivity index (χ4v) is 3.83. The molecule has 6 nitrogen and oxygen atoms in total. The number of hydrogen-bond acceptors (Lipinski definition) is 6. The van der Waals surface area contributed by atoms with Gasteiger partial charge in [-0.3, -0.25) is 4.79 Å². The molecule has 1 saturated heterocycles. The maximum Gasteiger partial charge on any atom is 0.246 e. The summed E-state index contributed by atoms with van der Waals surface area (Å²) < 4.78 is 19.7. The van der Waals surface area contributed by atoms with Crippen LogP contribution in [-0.2, 0) is 4.79 Å². The number of carbonyl (C=O) groups is 1. The predicted octanol–water partition coefficient (Wildman–Crippen LogP) is 2.69. The molecule has 3 aromatic rings. The van der Waals surface area contributed by atoms with Crippen LogP contribution in [0.4, 0.5) is 15.2 Å². The molecule has 8 heteroatoms. The zero-order valence-corrected chi connectivity index (χ0v) is 14.3. The van der Waals surface area contributed by atoms with Gasteiger partial charge in [-0.25, -0.2) is 14.4 Å². The normalized spacial score (nSPS) is 15.0. The Morgan fingerprint density at radius 1 is 1.28 bits per heavy atom. The van der Waals surface area contributed by atoms with Crippen LogP contribution in [-0.4, -0.2) is 42.6 Å². The van der Waals surface area contributed by atoms with Gasteiger partial charge >= 0.3 is 0 Å². The Hall–Kier alpha value is -2.74. The van der Waals surface area contributed by atoms with Gasteiger partial charge in [-0.05, 0) is 18.2 Å².